The van der Waals surface area contributed by atoms with Crippen molar-refractivity contribution in [2.75, 3.05) is 6.26 Å². The number of hydrogen-bond acceptors (Lipinski definition) is 4. The van der Waals surface area contributed by atoms with Gasteiger partial charge in [0.1, 0.15) is 0 Å². The minimum atomic E-state index is -0.495. The maximum absolute atomic E-state index is 10.7. The third-order valence-corrected chi connectivity index (χ3v) is 1.50. The van der Waals surface area contributed by atoms with Crippen LogP contribution in [0.5, 0.6) is 0 Å². The molecule has 0 aromatic heterocycles. The van der Waals surface area contributed by atoms with Crippen LogP contribution in [-0.4, -0.2) is 16.9 Å². The Kier molecular flexibility index (Phi) is 4.19. The van der Waals surface area contributed by atoms with Crippen molar-refractivity contribution in [3.8, 4) is 11.8 Å². The summed E-state index contributed by atoms with van der Waals surface area (Å²) in [7, 11) is 0. The van der Waals surface area contributed by atoms with Crippen molar-refractivity contribution >= 4 is 16.9 Å². The first kappa shape index (κ1) is 10.5. The van der Waals surface area contributed by atoms with E-state index in [1.807, 2.05) is 0 Å². The minimum Gasteiger partial charge on any atom is -0.272 e. The van der Waals surface area contributed by atoms with Crippen LogP contribution < -0.4 is 11.3 Å². The fourth-order valence-electron chi connectivity index (χ4n) is 0.294. The molecule has 0 spiro atoms. The molecule has 11 heavy (non-hydrogen) atoms. The van der Waals surface area contributed by atoms with Crippen LogP contribution in [0, 0.1) is 11.8 Å². The van der Waals surface area contributed by atoms with Crippen molar-refractivity contribution in [2.24, 2.45) is 5.84 Å². The number of carbonyl (C=O) groups is 1. The molecule has 0 aromatic carbocycles. The molecule has 0 fully saturated rings. The third kappa shape index (κ3) is 4.85. The summed E-state index contributed by atoms with van der Waals surface area (Å²) < 4.78 is 0. The lowest BCUT2D eigenvalue weighted by atomic mass is 10.1. The Bertz CT molecular complexity index is 202. The minimum absolute atomic E-state index is 0.145. The number of carbonyl (C=O) groups excluding carboxylic acids is 1. The highest BCUT2D eigenvalue weighted by atomic mass is 32.2. The molecular weight excluding hydrogens is 160 g/mol. The normalized spacial score (nSPS) is 10.2. The maximum atomic E-state index is 10.7. The number of thioether (sulfide) groups is 1. The second-order valence-electron chi connectivity index (χ2n) is 2.51. The van der Waals surface area contributed by atoms with E-state index in [1.54, 1.807) is 20.1 Å². The number of nitrogens with two attached hydrogens (primary N) is 1. The lowest BCUT2D eigenvalue weighted by molar-refractivity contribution is -0.106. The zero-order valence-corrected chi connectivity index (χ0v) is 7.71. The van der Waals surface area contributed by atoms with Gasteiger partial charge in [-0.3, -0.25) is 10.6 Å². The molecule has 0 saturated carbocycles. The molecule has 0 aliphatic rings. The molecule has 0 aliphatic heterocycles. The predicted molar refractivity (Wildman–Crippen MR) is 47.7 cm³/mol. The molecule has 0 radical (unpaired) electrons. The number of nitrogens with one attached hydrogen (secondary N) is 1. The largest absolute Gasteiger partial charge is 0.272 e. The maximum Gasteiger partial charge on any atom is 0.262 e. The highest BCUT2D eigenvalue weighted by Gasteiger charge is 2.09. The van der Waals surface area contributed by atoms with Gasteiger partial charge in [0.05, 0.1) is 5.54 Å². The van der Waals surface area contributed by atoms with Crippen molar-refractivity contribution in [1.82, 2.24) is 5.43 Å². The first-order valence-electron chi connectivity index (χ1n) is 3.11. The van der Waals surface area contributed by atoms with Crippen LogP contribution in [-0.2, 0) is 4.79 Å². The highest BCUT2D eigenvalue weighted by molar-refractivity contribution is 8.13. The summed E-state index contributed by atoms with van der Waals surface area (Å²) in [5.74, 6) is 10.3. The van der Waals surface area contributed by atoms with Crippen molar-refractivity contribution < 1.29 is 4.79 Å². The Hall–Kier alpha value is -0.500. The molecule has 0 rings (SSSR count). The average molecular weight is 172 g/mol. The molecule has 0 amide bonds. The lowest BCUT2D eigenvalue weighted by Gasteiger charge is -2.14. The zero-order valence-electron chi connectivity index (χ0n) is 6.89. The van der Waals surface area contributed by atoms with Gasteiger partial charge in [-0.2, -0.15) is 0 Å². The summed E-state index contributed by atoms with van der Waals surface area (Å²) in [5, 5.41) is -0.145. The Morgan fingerprint density at radius 2 is 2.18 bits per heavy atom. The molecule has 4 heteroatoms. The second-order valence-corrected chi connectivity index (χ2v) is 3.29. The lowest BCUT2D eigenvalue weighted by Crippen LogP contribution is -2.42. The van der Waals surface area contributed by atoms with Crippen LogP contribution in [0.4, 0.5) is 0 Å². The highest BCUT2D eigenvalue weighted by Crippen LogP contribution is 1.97. The topological polar surface area (TPSA) is 55.1 Å². The molecule has 0 saturated heterocycles. The third-order valence-electron chi connectivity index (χ3n) is 1.02. The molecule has 0 bridgehead atoms. The number of hydrazine groups is 1. The summed E-state index contributed by atoms with van der Waals surface area (Å²) in [6.45, 7) is 3.60. The molecule has 0 atom stereocenters. The van der Waals surface area contributed by atoms with Crippen LogP contribution in [0.1, 0.15) is 13.8 Å². The van der Waals surface area contributed by atoms with Gasteiger partial charge in [0.15, 0.2) is 0 Å². The average Bonchev–Trinajstić information content (AvgIpc) is 2.00. The van der Waals surface area contributed by atoms with Gasteiger partial charge in [-0.15, -0.1) is 0 Å². The van der Waals surface area contributed by atoms with Crippen molar-refractivity contribution in [3.63, 3.8) is 0 Å². The van der Waals surface area contributed by atoms with Crippen LogP contribution in [0.2, 0.25) is 0 Å². The molecule has 3 N–H and O–H groups in total. The fourth-order valence-corrected chi connectivity index (χ4v) is 0.447. The molecule has 62 valence electrons. The second kappa shape index (κ2) is 4.39. The monoisotopic (exact) mass is 172 g/mol. The first-order valence-corrected chi connectivity index (χ1v) is 4.33. The Morgan fingerprint density at radius 3 is 2.55 bits per heavy atom. The van der Waals surface area contributed by atoms with Gasteiger partial charge >= 0.3 is 0 Å². The smallest absolute Gasteiger partial charge is 0.262 e. The van der Waals surface area contributed by atoms with E-state index in [0.717, 1.165) is 11.8 Å². The molecule has 3 nitrogen and oxygen atoms in total. The predicted octanol–water partition coefficient (Wildman–Crippen LogP) is 0.121. The quantitative estimate of drug-likeness (QED) is 0.335. The van der Waals surface area contributed by atoms with E-state index in [0.29, 0.717) is 0 Å². The van der Waals surface area contributed by atoms with Crippen molar-refractivity contribution in [1.29, 1.82) is 0 Å². The molecule has 0 unspecified atom stereocenters. The molecule has 0 aromatic rings. The fraction of sp³-hybridized carbons (Fsp3) is 0.571. The standard InChI is InChI=1S/C7H12N2OS/c1-7(2,9-8)5-4-6(10)11-3/h9H,8H2,1-3H3. The Morgan fingerprint density at radius 1 is 1.64 bits per heavy atom. The van der Waals surface area contributed by atoms with Gasteiger partial charge in [-0.1, -0.05) is 17.7 Å². The molecular formula is C7H12N2OS. The summed E-state index contributed by atoms with van der Waals surface area (Å²) in [5.41, 5.74) is 1.99. The van der Waals surface area contributed by atoms with E-state index >= 15 is 0 Å². The van der Waals surface area contributed by atoms with Gasteiger partial charge < -0.3 is 0 Å². The van der Waals surface area contributed by atoms with E-state index in [2.05, 4.69) is 17.3 Å². The van der Waals surface area contributed by atoms with Crippen LogP contribution >= 0.6 is 11.8 Å². The van der Waals surface area contributed by atoms with E-state index in [1.165, 1.54) is 0 Å². The summed E-state index contributed by atoms with van der Waals surface area (Å²) >= 11 is 1.09. The SMILES string of the molecule is CSC(=O)C#CC(C)(C)NN. The van der Waals surface area contributed by atoms with E-state index in [-0.39, 0.29) is 5.12 Å². The summed E-state index contributed by atoms with van der Waals surface area (Å²) in [4.78, 5) is 10.7. The zero-order chi connectivity index (χ0) is 8.91. The number of hydrogen-bond donors (Lipinski definition) is 2. The van der Waals surface area contributed by atoms with Crippen molar-refractivity contribution in [3.05, 3.63) is 0 Å². The molecule has 0 heterocycles. The van der Waals surface area contributed by atoms with Crippen molar-refractivity contribution in [2.45, 2.75) is 19.4 Å². The van der Waals surface area contributed by atoms with Gasteiger partial charge in [-0.25, -0.2) is 5.43 Å². The first-order chi connectivity index (χ1) is 5.02. The van der Waals surface area contributed by atoms with Gasteiger partial charge in [0, 0.05) is 0 Å². The van der Waals surface area contributed by atoms with Gasteiger partial charge in [0.2, 0.25) is 0 Å². The molecule has 0 aliphatic carbocycles. The van der Waals surface area contributed by atoms with Gasteiger partial charge in [0.25, 0.3) is 5.12 Å². The van der Waals surface area contributed by atoms with E-state index in [9.17, 15) is 4.79 Å². The van der Waals surface area contributed by atoms with E-state index in [4.69, 9.17) is 5.84 Å². The Labute approximate surface area is 71.1 Å². The van der Waals surface area contributed by atoms with E-state index < -0.39 is 5.54 Å². The van der Waals surface area contributed by atoms with Gasteiger partial charge in [-0.05, 0) is 26.0 Å². The van der Waals surface area contributed by atoms with Crippen LogP contribution in [0.25, 0.3) is 0 Å². The summed E-state index contributed by atoms with van der Waals surface area (Å²) in [6.07, 6.45) is 1.69. The summed E-state index contributed by atoms with van der Waals surface area (Å²) in [6, 6.07) is 0. The number of rotatable bonds is 1. The van der Waals surface area contributed by atoms with Crippen LogP contribution in [0.15, 0.2) is 0 Å². The van der Waals surface area contributed by atoms with Crippen LogP contribution in [0.3, 0.4) is 0 Å². The Balaban J connectivity index is 4.16.